The average Bonchev–Trinajstić information content (AvgIpc) is 2.66. The molecule has 0 amide bonds. The lowest BCUT2D eigenvalue weighted by molar-refractivity contribution is 0.625. The third kappa shape index (κ3) is 3.80. The molecule has 3 nitrogen and oxygen atoms in total. The molecule has 0 aliphatic rings. The average molecular weight is 425 g/mol. The molecule has 27 heavy (non-hydrogen) atoms. The van der Waals surface area contributed by atoms with Crippen molar-refractivity contribution in [1.29, 1.82) is 0 Å². The van der Waals surface area contributed by atoms with Crippen molar-refractivity contribution in [2.24, 2.45) is 0 Å². The molecule has 3 aromatic carbocycles. The van der Waals surface area contributed by atoms with Gasteiger partial charge in [-0.05, 0) is 70.6 Å². The summed E-state index contributed by atoms with van der Waals surface area (Å²) < 4.78 is 13.9. The van der Waals surface area contributed by atoms with Crippen LogP contribution in [0.25, 0.3) is 21.5 Å². The summed E-state index contributed by atoms with van der Waals surface area (Å²) >= 11 is 3.51. The van der Waals surface area contributed by atoms with Crippen LogP contribution in [0.15, 0.2) is 70.1 Å². The summed E-state index contributed by atoms with van der Waals surface area (Å²) in [5, 5.41) is 7.11. The zero-order valence-corrected chi connectivity index (χ0v) is 16.1. The number of pyridine rings is 1. The Hall–Kier alpha value is -2.50. The van der Waals surface area contributed by atoms with Crippen molar-refractivity contribution >= 4 is 37.5 Å². The third-order valence-corrected chi connectivity index (χ3v) is 5.23. The van der Waals surface area contributed by atoms with Gasteiger partial charge in [0, 0.05) is 17.2 Å². The quantitative estimate of drug-likeness (QED) is 0.352. The van der Waals surface area contributed by atoms with Crippen molar-refractivity contribution < 1.29 is 4.39 Å². The largest absolute Gasteiger partial charge is 0.329 e. The maximum absolute atomic E-state index is 13.0. The van der Waals surface area contributed by atoms with E-state index < -0.39 is 0 Å². The van der Waals surface area contributed by atoms with Crippen LogP contribution in [0.3, 0.4) is 0 Å². The van der Waals surface area contributed by atoms with E-state index in [1.807, 2.05) is 18.2 Å². The molecule has 0 saturated heterocycles. The first-order chi connectivity index (χ1) is 13.1. The Kier molecular flexibility index (Phi) is 5.05. The van der Waals surface area contributed by atoms with Crippen LogP contribution in [-0.4, -0.2) is 11.5 Å². The van der Waals surface area contributed by atoms with Gasteiger partial charge < -0.3 is 10.3 Å². The van der Waals surface area contributed by atoms with E-state index in [4.69, 9.17) is 0 Å². The van der Waals surface area contributed by atoms with Gasteiger partial charge in [-0.1, -0.05) is 40.2 Å². The summed E-state index contributed by atoms with van der Waals surface area (Å²) in [6.07, 6.45) is 2.52. The summed E-state index contributed by atoms with van der Waals surface area (Å²) in [5.41, 5.74) is 2.18. The number of H-pyrrole nitrogens is 1. The van der Waals surface area contributed by atoms with Crippen molar-refractivity contribution in [1.82, 2.24) is 10.3 Å². The molecule has 2 N–H and O–H groups in total. The van der Waals surface area contributed by atoms with Crippen LogP contribution in [0.1, 0.15) is 11.1 Å². The monoisotopic (exact) mass is 424 g/mol. The van der Waals surface area contributed by atoms with Crippen LogP contribution in [0.5, 0.6) is 0 Å². The molecule has 4 aromatic rings. The number of hydrogen-bond donors (Lipinski definition) is 2. The van der Waals surface area contributed by atoms with Crippen molar-refractivity contribution in [2.75, 3.05) is 6.54 Å². The molecule has 0 atom stereocenters. The van der Waals surface area contributed by atoms with E-state index in [1.165, 1.54) is 17.7 Å². The van der Waals surface area contributed by atoms with E-state index in [9.17, 15) is 9.18 Å². The number of benzene rings is 3. The molecule has 4 rings (SSSR count). The molecule has 136 valence electrons. The van der Waals surface area contributed by atoms with Gasteiger partial charge in [0.15, 0.2) is 0 Å². The second-order valence-corrected chi connectivity index (χ2v) is 7.47. The summed E-state index contributed by atoms with van der Waals surface area (Å²) in [5.74, 6) is -0.220. The van der Waals surface area contributed by atoms with E-state index in [2.05, 4.69) is 38.4 Å². The van der Waals surface area contributed by atoms with Crippen molar-refractivity contribution in [3.63, 3.8) is 0 Å². The lowest BCUT2D eigenvalue weighted by atomic mass is 9.96. The number of hydrogen-bond acceptors (Lipinski definition) is 2. The standard InChI is InChI=1S/C22H18BrFN2O/c23-17-3-6-19-15(7-9-25-13-14-1-4-18(24)5-2-14)11-16-8-10-26-22(27)21(16)20(19)12-17/h1-6,8,10-12,25H,7,9,13H2,(H,26,27). The minimum absolute atomic E-state index is 0.0726. The maximum Gasteiger partial charge on any atom is 0.256 e. The zero-order valence-electron chi connectivity index (χ0n) is 14.6. The van der Waals surface area contributed by atoms with Gasteiger partial charge in [-0.15, -0.1) is 0 Å². The van der Waals surface area contributed by atoms with Gasteiger partial charge in [0.05, 0.1) is 5.39 Å². The van der Waals surface area contributed by atoms with E-state index in [0.29, 0.717) is 6.54 Å². The third-order valence-electron chi connectivity index (χ3n) is 4.73. The molecule has 1 aromatic heterocycles. The van der Waals surface area contributed by atoms with Crippen LogP contribution in [-0.2, 0) is 13.0 Å². The number of aromatic amines is 1. The van der Waals surface area contributed by atoms with Gasteiger partial charge >= 0.3 is 0 Å². The number of fused-ring (bicyclic) bond motifs is 3. The summed E-state index contributed by atoms with van der Waals surface area (Å²) in [7, 11) is 0. The van der Waals surface area contributed by atoms with E-state index in [0.717, 1.165) is 44.5 Å². The first kappa shape index (κ1) is 17.9. The Morgan fingerprint density at radius 3 is 2.63 bits per heavy atom. The molecule has 0 unspecified atom stereocenters. The molecule has 0 aliphatic carbocycles. The topological polar surface area (TPSA) is 44.9 Å². The number of halogens is 2. The maximum atomic E-state index is 13.0. The Balaban J connectivity index is 1.61. The number of aromatic nitrogens is 1. The second-order valence-electron chi connectivity index (χ2n) is 6.55. The van der Waals surface area contributed by atoms with Crippen molar-refractivity contribution in [2.45, 2.75) is 13.0 Å². The first-order valence-corrected chi connectivity index (χ1v) is 9.59. The fourth-order valence-corrected chi connectivity index (χ4v) is 3.79. The summed E-state index contributed by atoms with van der Waals surface area (Å²) in [6, 6.07) is 16.6. The zero-order chi connectivity index (χ0) is 18.8. The molecule has 5 heteroatoms. The van der Waals surface area contributed by atoms with Gasteiger partial charge in [0.1, 0.15) is 5.82 Å². The van der Waals surface area contributed by atoms with Gasteiger partial charge in [0.25, 0.3) is 5.56 Å². The fourth-order valence-electron chi connectivity index (χ4n) is 3.43. The number of rotatable bonds is 5. The molecule has 0 bridgehead atoms. The molecule has 0 fully saturated rings. The van der Waals surface area contributed by atoms with Crippen molar-refractivity contribution in [3.05, 3.63) is 92.6 Å². The lowest BCUT2D eigenvalue weighted by Gasteiger charge is -2.11. The van der Waals surface area contributed by atoms with Crippen LogP contribution < -0.4 is 10.9 Å². The predicted octanol–water partition coefficient (Wildman–Crippen LogP) is 4.92. The summed E-state index contributed by atoms with van der Waals surface area (Å²) in [4.78, 5) is 15.1. The van der Waals surface area contributed by atoms with Gasteiger partial charge in [0.2, 0.25) is 0 Å². The van der Waals surface area contributed by atoms with E-state index in [1.54, 1.807) is 18.3 Å². The van der Waals surface area contributed by atoms with Crippen LogP contribution in [0.4, 0.5) is 4.39 Å². The highest BCUT2D eigenvalue weighted by atomic mass is 79.9. The van der Waals surface area contributed by atoms with Crippen molar-refractivity contribution in [3.8, 4) is 0 Å². The highest BCUT2D eigenvalue weighted by molar-refractivity contribution is 9.10. The summed E-state index contributed by atoms with van der Waals surface area (Å²) in [6.45, 7) is 1.48. The normalized spacial score (nSPS) is 11.3. The van der Waals surface area contributed by atoms with Gasteiger partial charge in [-0.3, -0.25) is 4.79 Å². The smallest absolute Gasteiger partial charge is 0.256 e. The Bertz CT molecular complexity index is 1170. The lowest BCUT2D eigenvalue weighted by Crippen LogP contribution is -2.17. The predicted molar refractivity (Wildman–Crippen MR) is 112 cm³/mol. The number of nitrogens with one attached hydrogen (secondary N) is 2. The van der Waals surface area contributed by atoms with Gasteiger partial charge in [-0.2, -0.15) is 0 Å². The SMILES string of the molecule is O=c1[nH]ccc2cc(CCNCc3ccc(F)cc3)c3ccc(Br)cc3c12. The minimum atomic E-state index is -0.220. The Labute approximate surface area is 164 Å². The molecule has 0 radical (unpaired) electrons. The Morgan fingerprint density at radius 1 is 1.00 bits per heavy atom. The second kappa shape index (κ2) is 7.62. The van der Waals surface area contributed by atoms with Gasteiger partial charge in [-0.25, -0.2) is 4.39 Å². The fraction of sp³-hybridized carbons (Fsp3) is 0.136. The molecule has 0 saturated carbocycles. The van der Waals surface area contributed by atoms with E-state index in [-0.39, 0.29) is 11.4 Å². The highest BCUT2D eigenvalue weighted by Gasteiger charge is 2.10. The molecule has 0 aliphatic heterocycles. The van der Waals surface area contributed by atoms with Crippen LogP contribution in [0, 0.1) is 5.82 Å². The highest BCUT2D eigenvalue weighted by Crippen LogP contribution is 2.29. The Morgan fingerprint density at radius 2 is 1.81 bits per heavy atom. The minimum Gasteiger partial charge on any atom is -0.329 e. The van der Waals surface area contributed by atoms with Crippen LogP contribution in [0.2, 0.25) is 0 Å². The molecule has 1 heterocycles. The molecular weight excluding hydrogens is 407 g/mol. The van der Waals surface area contributed by atoms with E-state index >= 15 is 0 Å². The van der Waals surface area contributed by atoms with Crippen LogP contribution >= 0.6 is 15.9 Å². The molecule has 0 spiro atoms. The molecular formula is C22H18BrFN2O. The first-order valence-electron chi connectivity index (χ1n) is 8.79.